The molecule has 0 aliphatic carbocycles. The van der Waals surface area contributed by atoms with Crippen molar-refractivity contribution in [2.24, 2.45) is 5.73 Å². The van der Waals surface area contributed by atoms with Crippen molar-refractivity contribution in [3.05, 3.63) is 39.7 Å². The summed E-state index contributed by atoms with van der Waals surface area (Å²) in [5.74, 6) is -5.52. The number of carbonyl (C=O) groups excluding carboxylic acids is 2. The summed E-state index contributed by atoms with van der Waals surface area (Å²) in [7, 11) is 0. The molecule has 0 saturated carbocycles. The van der Waals surface area contributed by atoms with E-state index in [-0.39, 0.29) is 23.0 Å². The molecule has 1 saturated heterocycles. The van der Waals surface area contributed by atoms with Crippen LogP contribution in [0.15, 0.2) is 6.07 Å². The summed E-state index contributed by atoms with van der Waals surface area (Å²) in [6, 6.07) is -0.0821. The molecular formula is C21H25ClF3N5O4S. The lowest BCUT2D eigenvalue weighted by molar-refractivity contribution is 0.0996. The van der Waals surface area contributed by atoms with Crippen LogP contribution in [-0.2, 0) is 6.61 Å². The lowest BCUT2D eigenvalue weighted by atomic mass is 10.2. The van der Waals surface area contributed by atoms with Gasteiger partial charge in [-0.2, -0.15) is 4.37 Å². The number of carbonyl (C=O) groups is 2. The maximum Gasteiger partial charge on any atom is 0.319 e. The largest absolute Gasteiger partial charge is 0.471 e. The predicted molar refractivity (Wildman–Crippen MR) is 124 cm³/mol. The second kappa shape index (κ2) is 12.4. The van der Waals surface area contributed by atoms with E-state index in [2.05, 4.69) is 19.9 Å². The van der Waals surface area contributed by atoms with Crippen LogP contribution < -0.4 is 21.1 Å². The second-order valence-electron chi connectivity index (χ2n) is 7.95. The molecule has 35 heavy (non-hydrogen) atoms. The molecule has 2 heterocycles. The molecule has 9 nitrogen and oxygen atoms in total. The first-order valence-corrected chi connectivity index (χ1v) is 12.0. The summed E-state index contributed by atoms with van der Waals surface area (Å²) >= 11 is 6.05. The number of aliphatic hydroxyl groups excluding tert-OH is 1. The number of hydrogen-bond acceptors (Lipinski definition) is 7. The van der Waals surface area contributed by atoms with Crippen molar-refractivity contribution in [1.29, 1.82) is 0 Å². The van der Waals surface area contributed by atoms with Crippen molar-refractivity contribution >= 4 is 40.1 Å². The van der Waals surface area contributed by atoms with Crippen molar-refractivity contribution in [3.8, 4) is 5.88 Å². The number of halogens is 4. The van der Waals surface area contributed by atoms with Crippen LogP contribution in [0.25, 0.3) is 0 Å². The normalized spacial score (nSPS) is 14.7. The summed E-state index contributed by atoms with van der Waals surface area (Å²) in [4.78, 5) is 26.4. The number of likely N-dealkylation sites (tertiary alicyclic amines) is 1. The van der Waals surface area contributed by atoms with E-state index in [4.69, 9.17) is 22.1 Å². The lowest BCUT2D eigenvalue weighted by Crippen LogP contribution is -2.32. The van der Waals surface area contributed by atoms with Crippen molar-refractivity contribution in [1.82, 2.24) is 14.6 Å². The highest BCUT2D eigenvalue weighted by Gasteiger charge is 2.24. The molecule has 1 fully saturated rings. The molecule has 1 aromatic carbocycles. The van der Waals surface area contributed by atoms with Gasteiger partial charge in [-0.3, -0.25) is 10.1 Å². The van der Waals surface area contributed by atoms with Crippen LogP contribution in [0.2, 0.25) is 5.02 Å². The number of aromatic nitrogens is 1. The number of nitrogens with two attached hydrogens (primary N) is 1. The first-order chi connectivity index (χ1) is 16.7. The summed E-state index contributed by atoms with van der Waals surface area (Å²) in [5.41, 5.74) is 4.27. The van der Waals surface area contributed by atoms with Gasteiger partial charge in [0.2, 0.25) is 5.88 Å². The highest BCUT2D eigenvalue weighted by atomic mass is 35.5. The van der Waals surface area contributed by atoms with E-state index in [1.54, 1.807) is 0 Å². The predicted octanol–water partition coefficient (Wildman–Crippen LogP) is 3.25. The van der Waals surface area contributed by atoms with Gasteiger partial charge in [-0.05, 0) is 56.4 Å². The van der Waals surface area contributed by atoms with Gasteiger partial charge in [0.05, 0.1) is 16.7 Å². The van der Waals surface area contributed by atoms with E-state index in [0.717, 1.165) is 19.6 Å². The monoisotopic (exact) mass is 535 g/mol. The van der Waals surface area contributed by atoms with Crippen molar-refractivity contribution in [2.75, 3.05) is 31.5 Å². The van der Waals surface area contributed by atoms with E-state index >= 15 is 0 Å². The Morgan fingerprint density at radius 2 is 1.97 bits per heavy atom. The average molecular weight is 536 g/mol. The maximum absolute atomic E-state index is 14.0. The summed E-state index contributed by atoms with van der Waals surface area (Å²) in [6.45, 7) is 2.25. The smallest absolute Gasteiger partial charge is 0.319 e. The summed E-state index contributed by atoms with van der Waals surface area (Å²) in [6.07, 6.45) is 2.71. The molecular weight excluding hydrogens is 511 g/mol. The van der Waals surface area contributed by atoms with Crippen LogP contribution in [-0.4, -0.2) is 58.6 Å². The van der Waals surface area contributed by atoms with Gasteiger partial charge in [0, 0.05) is 13.1 Å². The fraction of sp³-hybridized carbons (Fsp3) is 0.476. The maximum atomic E-state index is 14.0. The van der Waals surface area contributed by atoms with Gasteiger partial charge in [0.15, 0.2) is 11.6 Å². The zero-order chi connectivity index (χ0) is 25.5. The number of rotatable bonds is 11. The third kappa shape index (κ3) is 7.19. The Morgan fingerprint density at radius 1 is 1.26 bits per heavy atom. The number of nitrogens with zero attached hydrogens (tertiary/aromatic N) is 2. The van der Waals surface area contributed by atoms with E-state index in [0.29, 0.717) is 30.4 Å². The van der Waals surface area contributed by atoms with Crippen molar-refractivity contribution in [3.63, 3.8) is 0 Å². The Kier molecular flexibility index (Phi) is 9.55. The first kappa shape index (κ1) is 27.0. The van der Waals surface area contributed by atoms with Crippen LogP contribution in [0.4, 0.5) is 23.0 Å². The number of aliphatic hydroxyl groups is 1. The van der Waals surface area contributed by atoms with Gasteiger partial charge < -0.3 is 25.8 Å². The number of primary amides is 1. The van der Waals surface area contributed by atoms with Crippen molar-refractivity contribution < 1.29 is 32.6 Å². The van der Waals surface area contributed by atoms with Gasteiger partial charge in [0.1, 0.15) is 23.0 Å². The van der Waals surface area contributed by atoms with E-state index < -0.39 is 52.7 Å². The zero-order valence-electron chi connectivity index (χ0n) is 18.6. The molecule has 1 aliphatic rings. The quantitative estimate of drug-likeness (QED) is 0.258. The Morgan fingerprint density at radius 3 is 2.66 bits per heavy atom. The average Bonchev–Trinajstić information content (AvgIpc) is 3.46. The Hall–Kier alpha value is -2.61. The van der Waals surface area contributed by atoms with Gasteiger partial charge in [-0.15, -0.1) is 0 Å². The highest BCUT2D eigenvalue weighted by molar-refractivity contribution is 7.11. The van der Waals surface area contributed by atoms with E-state index in [9.17, 15) is 27.9 Å². The van der Waals surface area contributed by atoms with E-state index in [1.165, 1.54) is 12.8 Å². The number of urea groups is 1. The molecule has 3 amide bonds. The Labute approximate surface area is 208 Å². The molecule has 1 unspecified atom stereocenters. The third-order valence-corrected chi connectivity index (χ3v) is 6.46. The standard InChI is InChI=1S/C21H25ClF3N5O4S/c22-13-9-14(23)12(16(24)17(13)25)10-34-19-15(18(26)32)20(35-29-19)28-21(33)27-5-3-11(31)4-8-30-6-1-2-7-30/h9,11,31H,1-8,10H2,(H2,26,32)(H2,27,28,33). The fourth-order valence-corrected chi connectivity index (χ4v) is 4.45. The number of benzene rings is 1. The van der Waals surface area contributed by atoms with Crippen molar-refractivity contribution in [2.45, 2.75) is 38.4 Å². The Bertz CT molecular complexity index is 1070. The van der Waals surface area contributed by atoms with Crippen LogP contribution in [0.3, 0.4) is 0 Å². The van der Waals surface area contributed by atoms with Crippen LogP contribution in [0, 0.1) is 17.5 Å². The number of amides is 3. The minimum atomic E-state index is -1.54. The van der Waals surface area contributed by atoms with Crippen LogP contribution in [0.1, 0.15) is 41.6 Å². The zero-order valence-corrected chi connectivity index (χ0v) is 20.2. The SMILES string of the molecule is NC(=O)c1c(OCc2c(F)cc(Cl)c(F)c2F)nsc1NC(=O)NCCC(O)CCN1CCCC1. The van der Waals surface area contributed by atoms with Crippen LogP contribution >= 0.6 is 23.1 Å². The fourth-order valence-electron chi connectivity index (χ4n) is 3.54. The molecule has 0 bridgehead atoms. The Balaban J connectivity index is 1.53. The number of nitrogens with one attached hydrogen (secondary N) is 2. The molecule has 1 atom stereocenters. The first-order valence-electron chi connectivity index (χ1n) is 10.9. The molecule has 192 valence electrons. The second-order valence-corrected chi connectivity index (χ2v) is 9.13. The molecule has 5 N–H and O–H groups in total. The third-order valence-electron chi connectivity index (χ3n) is 5.44. The minimum Gasteiger partial charge on any atom is -0.471 e. The molecule has 0 spiro atoms. The van der Waals surface area contributed by atoms with Gasteiger partial charge >= 0.3 is 6.03 Å². The van der Waals surface area contributed by atoms with Gasteiger partial charge in [-0.25, -0.2) is 18.0 Å². The lowest BCUT2D eigenvalue weighted by Gasteiger charge is -2.17. The number of anilines is 1. The molecule has 0 radical (unpaired) electrons. The summed E-state index contributed by atoms with van der Waals surface area (Å²) < 4.78 is 50.6. The van der Waals surface area contributed by atoms with E-state index in [1.807, 2.05) is 0 Å². The molecule has 2 aromatic rings. The number of ether oxygens (including phenoxy) is 1. The minimum absolute atomic E-state index is 0.0530. The van der Waals surface area contributed by atoms with Gasteiger partial charge in [0.25, 0.3) is 5.91 Å². The molecule has 1 aliphatic heterocycles. The molecule has 1 aromatic heterocycles. The summed E-state index contributed by atoms with van der Waals surface area (Å²) in [5, 5.41) is 14.3. The van der Waals surface area contributed by atoms with Crippen LogP contribution in [0.5, 0.6) is 5.88 Å². The molecule has 14 heteroatoms. The molecule has 3 rings (SSSR count). The highest BCUT2D eigenvalue weighted by Crippen LogP contribution is 2.32. The van der Waals surface area contributed by atoms with Gasteiger partial charge in [-0.1, -0.05) is 11.6 Å². The number of hydrogen-bond donors (Lipinski definition) is 4. The topological polar surface area (TPSA) is 130 Å².